The number of rotatable bonds is 12. The van der Waals surface area contributed by atoms with Crippen LogP contribution in [-0.2, 0) is 17.0 Å². The van der Waals surface area contributed by atoms with Crippen LogP contribution in [0.3, 0.4) is 0 Å². The molecule has 0 fully saturated rings. The SMILES string of the molecule is C[O][Ge]([NH][Si](OC(C)(C)C)(OC(C)(C)C)OC(C)(C)C)([N]([Si](C)(C)C)[Si](C)(C)C)[N]([Si](C)(C)C)[Si](C)(C)C. The predicted octanol–water partition coefficient (Wildman–Crippen LogP) is 7.48. The quantitative estimate of drug-likeness (QED) is 0.214. The summed E-state index contributed by atoms with van der Waals surface area (Å²) >= 11 is -3.93. The van der Waals surface area contributed by atoms with Crippen LogP contribution in [0.2, 0.25) is 78.6 Å². The fraction of sp³-hybridized carbons (Fsp3) is 1.00. The predicted molar refractivity (Wildman–Crippen MR) is 181 cm³/mol. The standard InChI is InChI=1S/C25H67GeN3O4Si5/c1-23(2,3)31-38(32-24(4,5)6,33-25(7,8)9)27-26(30-10,28(34(11,12)13)35(14,15)16)29(36(17,18)19)37(20,21)22/h27H,1-22H3. The van der Waals surface area contributed by atoms with Crippen LogP contribution in [0.15, 0.2) is 0 Å². The van der Waals surface area contributed by atoms with Crippen molar-refractivity contribution in [1.29, 1.82) is 0 Å². The fourth-order valence-electron chi connectivity index (χ4n) is 5.82. The topological polar surface area (TPSA) is 55.4 Å². The van der Waals surface area contributed by atoms with Crippen molar-refractivity contribution in [1.82, 2.24) is 10.3 Å². The van der Waals surface area contributed by atoms with Crippen LogP contribution in [0.4, 0.5) is 0 Å². The van der Waals surface area contributed by atoms with Gasteiger partial charge in [-0.2, -0.15) is 0 Å². The summed E-state index contributed by atoms with van der Waals surface area (Å²) in [5.74, 6) is 0. The van der Waals surface area contributed by atoms with Crippen molar-refractivity contribution in [3.05, 3.63) is 0 Å². The summed E-state index contributed by atoms with van der Waals surface area (Å²) < 4.78 is 38.4. The third-order valence-electron chi connectivity index (χ3n) is 5.21. The Morgan fingerprint density at radius 1 is 0.474 bits per heavy atom. The second-order valence-electron chi connectivity index (χ2n) is 17.5. The van der Waals surface area contributed by atoms with Crippen molar-refractivity contribution in [2.45, 2.75) is 158 Å². The summed E-state index contributed by atoms with van der Waals surface area (Å²) in [5, 5.41) is 0. The van der Waals surface area contributed by atoms with Gasteiger partial charge in [-0.25, -0.2) is 0 Å². The van der Waals surface area contributed by atoms with Gasteiger partial charge in [-0.15, -0.1) is 0 Å². The van der Waals surface area contributed by atoms with Gasteiger partial charge in [0.25, 0.3) is 0 Å². The second kappa shape index (κ2) is 12.2. The van der Waals surface area contributed by atoms with Crippen molar-refractivity contribution in [2.24, 2.45) is 0 Å². The Bertz CT molecular complexity index is 671. The first-order chi connectivity index (χ1) is 16.1. The minimum atomic E-state index is -3.93. The van der Waals surface area contributed by atoms with Gasteiger partial charge in [0.1, 0.15) is 0 Å². The zero-order valence-corrected chi connectivity index (χ0v) is 36.6. The molecule has 7 nitrogen and oxygen atoms in total. The van der Waals surface area contributed by atoms with Gasteiger partial charge in [-0.1, -0.05) is 0 Å². The minimum absolute atomic E-state index is 0.482. The molecule has 0 aromatic carbocycles. The molecule has 0 saturated heterocycles. The van der Waals surface area contributed by atoms with Gasteiger partial charge in [0.2, 0.25) is 0 Å². The Morgan fingerprint density at radius 2 is 0.684 bits per heavy atom. The molecule has 0 atom stereocenters. The molecule has 0 rings (SSSR count). The average Bonchev–Trinajstić information content (AvgIpc) is 2.42. The van der Waals surface area contributed by atoms with E-state index in [9.17, 15) is 0 Å². The Labute approximate surface area is 247 Å². The van der Waals surface area contributed by atoms with Gasteiger partial charge in [-0.3, -0.25) is 0 Å². The van der Waals surface area contributed by atoms with E-state index in [-0.39, 0.29) is 0 Å². The van der Waals surface area contributed by atoms with Crippen molar-refractivity contribution in [3.8, 4) is 0 Å². The van der Waals surface area contributed by atoms with Gasteiger partial charge in [0, 0.05) is 0 Å². The van der Waals surface area contributed by atoms with Gasteiger partial charge in [0.05, 0.1) is 0 Å². The van der Waals surface area contributed by atoms with Crippen molar-refractivity contribution < 1.29 is 17.0 Å². The first-order valence-corrected chi connectivity index (χ1v) is 33.5. The summed E-state index contributed by atoms with van der Waals surface area (Å²) in [4.78, 5) is 0. The molecule has 0 aliphatic heterocycles. The maximum atomic E-state index is 7.13. The first kappa shape index (κ1) is 39.3. The normalized spacial score (nSPS) is 16.1. The Kier molecular flexibility index (Phi) is 12.6. The van der Waals surface area contributed by atoms with E-state index in [1.807, 2.05) is 7.11 Å². The fourth-order valence-corrected chi connectivity index (χ4v) is 68.1. The number of nitrogens with one attached hydrogen (secondary N) is 1. The summed E-state index contributed by atoms with van der Waals surface area (Å²) in [6.45, 7) is 48.6. The second-order valence-corrected chi connectivity index (χ2v) is 50.1. The Balaban J connectivity index is 8.13. The molecule has 0 heterocycles. The first-order valence-electron chi connectivity index (χ1n) is 14.2. The van der Waals surface area contributed by atoms with Crippen LogP contribution < -0.4 is 3.94 Å². The van der Waals surface area contributed by atoms with E-state index < -0.39 is 73.0 Å². The molecule has 13 heteroatoms. The molecule has 0 radical (unpaired) electrons. The molecule has 0 saturated carbocycles. The zero-order chi connectivity index (χ0) is 31.2. The van der Waals surface area contributed by atoms with Gasteiger partial charge in [0.15, 0.2) is 0 Å². The molecule has 0 amide bonds. The van der Waals surface area contributed by atoms with E-state index in [4.69, 9.17) is 17.0 Å². The van der Waals surface area contributed by atoms with Crippen molar-refractivity contribution >= 4 is 56.2 Å². The third-order valence-corrected chi connectivity index (χ3v) is 52.8. The van der Waals surface area contributed by atoms with E-state index in [0.29, 0.717) is 0 Å². The van der Waals surface area contributed by atoms with Crippen molar-refractivity contribution in [3.63, 3.8) is 0 Å². The summed E-state index contributed by atoms with van der Waals surface area (Å²) in [6.07, 6.45) is 0. The Morgan fingerprint density at radius 3 is 0.816 bits per heavy atom. The molecular weight excluding hydrogens is 619 g/mol. The van der Waals surface area contributed by atoms with E-state index in [1.165, 1.54) is 0 Å². The van der Waals surface area contributed by atoms with E-state index in [1.54, 1.807) is 0 Å². The molecule has 38 heavy (non-hydrogen) atoms. The van der Waals surface area contributed by atoms with Gasteiger partial charge in [-0.05, 0) is 0 Å². The maximum absolute atomic E-state index is 7.13. The van der Waals surface area contributed by atoms with Crippen LogP contribution in [0.1, 0.15) is 62.3 Å². The number of nitrogens with zero attached hydrogens (tertiary/aromatic N) is 2. The van der Waals surface area contributed by atoms with Gasteiger partial charge < -0.3 is 0 Å². The van der Waals surface area contributed by atoms with Gasteiger partial charge >= 0.3 is 248 Å². The molecule has 0 bridgehead atoms. The Hall–Kier alpha value is 1.35. The molecule has 0 spiro atoms. The molecule has 0 unspecified atom stereocenters. The number of hydrogen-bond donors (Lipinski definition) is 1. The third kappa shape index (κ3) is 11.9. The average molecular weight is 687 g/mol. The van der Waals surface area contributed by atoms with E-state index in [2.05, 4.69) is 151 Å². The van der Waals surface area contributed by atoms with Crippen molar-refractivity contribution in [2.75, 3.05) is 7.11 Å². The molecular formula is C25H67GeN3O4Si5. The van der Waals surface area contributed by atoms with E-state index in [0.717, 1.165) is 0 Å². The molecule has 1 N–H and O–H groups in total. The number of hydrogen-bond acceptors (Lipinski definition) is 7. The van der Waals surface area contributed by atoms with Crippen LogP contribution >= 0.6 is 0 Å². The molecule has 0 aliphatic rings. The molecule has 0 aromatic rings. The van der Waals surface area contributed by atoms with Crippen LogP contribution in [0.5, 0.6) is 0 Å². The molecule has 0 aromatic heterocycles. The summed E-state index contributed by atoms with van der Waals surface area (Å²) in [6, 6.07) is 0. The summed E-state index contributed by atoms with van der Waals surface area (Å²) in [7, 11) is -9.34. The van der Waals surface area contributed by atoms with Crippen LogP contribution in [0, 0.1) is 0 Å². The monoisotopic (exact) mass is 687 g/mol. The zero-order valence-electron chi connectivity index (χ0n) is 29.5. The van der Waals surface area contributed by atoms with Crippen LogP contribution in [-0.4, -0.2) is 86.5 Å². The van der Waals surface area contributed by atoms with Crippen LogP contribution in [0.25, 0.3) is 0 Å². The molecule has 0 aliphatic carbocycles. The summed E-state index contributed by atoms with van der Waals surface area (Å²) in [5.41, 5.74) is -1.45. The molecule has 230 valence electrons. The van der Waals surface area contributed by atoms with E-state index >= 15 is 0 Å².